The van der Waals surface area contributed by atoms with Crippen LogP contribution in [0.25, 0.3) is 65.5 Å². The molecule has 0 amide bonds. The van der Waals surface area contributed by atoms with Gasteiger partial charge in [0.15, 0.2) is 0 Å². The maximum absolute atomic E-state index is 13.2. The molecule has 6 heteroatoms. The van der Waals surface area contributed by atoms with E-state index in [0.717, 1.165) is 71.1 Å². The molecule has 8 aromatic rings. The van der Waals surface area contributed by atoms with Crippen LogP contribution in [0.1, 0.15) is 5.56 Å². The molecular formula is C38H28N2O3S. The third kappa shape index (κ3) is 4.26. The maximum atomic E-state index is 13.2. The Morgan fingerprint density at radius 1 is 0.636 bits per heavy atom. The summed E-state index contributed by atoms with van der Waals surface area (Å²) in [5.74, 6) is 0.783. The predicted octanol–water partition coefficient (Wildman–Crippen LogP) is 9.03. The van der Waals surface area contributed by atoms with E-state index in [4.69, 9.17) is 9.17 Å². The van der Waals surface area contributed by atoms with Crippen molar-refractivity contribution in [3.05, 3.63) is 133 Å². The van der Waals surface area contributed by atoms with Gasteiger partial charge in [-0.25, -0.2) is 4.98 Å². The lowest BCUT2D eigenvalue weighted by molar-refractivity contribution is 0.303. The fraction of sp³-hybridized carbons (Fsp3) is 0.0789. The highest BCUT2D eigenvalue weighted by molar-refractivity contribution is 7.86. The molecule has 0 unspecified atom stereocenters. The third-order valence-corrected chi connectivity index (χ3v) is 9.81. The largest absolute Gasteiger partial charge is 0.321 e. The van der Waals surface area contributed by atoms with Gasteiger partial charge < -0.3 is 4.57 Å². The smallest absolute Gasteiger partial charge is 0.297 e. The lowest BCUT2D eigenvalue weighted by atomic mass is 9.96. The van der Waals surface area contributed by atoms with E-state index in [1.807, 2.05) is 19.1 Å². The Bertz CT molecular complexity index is 2440. The van der Waals surface area contributed by atoms with Crippen LogP contribution < -0.4 is 0 Å². The number of aromatic nitrogens is 2. The fourth-order valence-corrected chi connectivity index (χ4v) is 7.34. The first kappa shape index (κ1) is 26.6. The second kappa shape index (κ2) is 10.3. The summed E-state index contributed by atoms with van der Waals surface area (Å²) < 4.78 is 34.2. The van der Waals surface area contributed by atoms with Crippen molar-refractivity contribution in [1.29, 1.82) is 0 Å². The zero-order chi connectivity index (χ0) is 29.8. The summed E-state index contributed by atoms with van der Waals surface area (Å²) in [6.45, 7) is 2.17. The summed E-state index contributed by atoms with van der Waals surface area (Å²) >= 11 is 0. The van der Waals surface area contributed by atoms with E-state index in [1.54, 1.807) is 24.3 Å². The van der Waals surface area contributed by atoms with Gasteiger partial charge in [-0.15, -0.1) is 0 Å². The number of hydrogen-bond donors (Lipinski definition) is 0. The number of hydrogen-bond acceptors (Lipinski definition) is 4. The molecule has 214 valence electrons. The van der Waals surface area contributed by atoms with Gasteiger partial charge >= 0.3 is 0 Å². The molecule has 0 saturated heterocycles. The van der Waals surface area contributed by atoms with Gasteiger partial charge in [0.2, 0.25) is 0 Å². The van der Waals surface area contributed by atoms with Crippen molar-refractivity contribution in [2.75, 3.05) is 6.61 Å². The summed E-state index contributed by atoms with van der Waals surface area (Å²) in [5.41, 5.74) is 3.85. The maximum Gasteiger partial charge on any atom is 0.297 e. The number of aryl methyl sites for hydroxylation is 1. The normalized spacial score (nSPS) is 12.2. The Balaban J connectivity index is 1.41. The van der Waals surface area contributed by atoms with E-state index in [0.29, 0.717) is 0 Å². The Labute approximate surface area is 255 Å². The van der Waals surface area contributed by atoms with Crippen LogP contribution in [-0.2, 0) is 20.8 Å². The van der Waals surface area contributed by atoms with E-state index in [-0.39, 0.29) is 18.0 Å². The first-order valence-electron chi connectivity index (χ1n) is 14.7. The van der Waals surface area contributed by atoms with Crippen molar-refractivity contribution >= 4 is 64.2 Å². The third-order valence-electron chi connectivity index (χ3n) is 8.48. The van der Waals surface area contributed by atoms with Crippen molar-refractivity contribution in [2.24, 2.45) is 0 Å². The minimum atomic E-state index is -3.94. The van der Waals surface area contributed by atoms with E-state index < -0.39 is 10.1 Å². The van der Waals surface area contributed by atoms with Crippen LogP contribution >= 0.6 is 0 Å². The first-order chi connectivity index (χ1) is 21.5. The van der Waals surface area contributed by atoms with Crippen LogP contribution in [0.15, 0.2) is 132 Å². The molecule has 0 aliphatic carbocycles. The second-order valence-electron chi connectivity index (χ2n) is 11.2. The monoisotopic (exact) mass is 592 g/mol. The standard InChI is InChI=1S/C38H28N2O3S/c1-25-18-20-28(21-19-25)44(41,42)43-23-22-40-37-34-17-9-7-15-32(34)31-14-6-8-16-33(31)36(37)39-38(40)35-29-12-4-2-10-26(29)24-27-11-3-5-13-30(27)35/h2-21,24H,22-23H2,1H3. The van der Waals surface area contributed by atoms with Gasteiger partial charge in [0.05, 0.1) is 22.5 Å². The molecule has 1 heterocycles. The Hall–Kier alpha value is -5.04. The van der Waals surface area contributed by atoms with Crippen LogP contribution in [0.5, 0.6) is 0 Å². The number of benzene rings is 7. The fourth-order valence-electron chi connectivity index (χ4n) is 6.44. The lowest BCUT2D eigenvalue weighted by Crippen LogP contribution is -2.13. The van der Waals surface area contributed by atoms with Gasteiger partial charge in [0.25, 0.3) is 10.1 Å². The van der Waals surface area contributed by atoms with Crippen LogP contribution in [0.2, 0.25) is 0 Å². The van der Waals surface area contributed by atoms with E-state index >= 15 is 0 Å². The van der Waals surface area contributed by atoms with Crippen molar-refractivity contribution < 1.29 is 12.6 Å². The molecule has 0 atom stereocenters. The highest BCUT2D eigenvalue weighted by Gasteiger charge is 2.23. The molecule has 0 saturated carbocycles. The number of imidazole rings is 1. The van der Waals surface area contributed by atoms with Gasteiger partial charge in [-0.2, -0.15) is 8.42 Å². The quantitative estimate of drug-likeness (QED) is 0.110. The molecule has 0 fully saturated rings. The molecule has 0 aliphatic heterocycles. The van der Waals surface area contributed by atoms with Crippen LogP contribution in [0, 0.1) is 6.92 Å². The average molecular weight is 593 g/mol. The van der Waals surface area contributed by atoms with Crippen molar-refractivity contribution in [3.63, 3.8) is 0 Å². The summed E-state index contributed by atoms with van der Waals surface area (Å²) in [7, 11) is -3.94. The van der Waals surface area contributed by atoms with Crippen molar-refractivity contribution in [2.45, 2.75) is 18.4 Å². The summed E-state index contributed by atoms with van der Waals surface area (Å²) in [6, 6.07) is 42.4. The average Bonchev–Trinajstić information content (AvgIpc) is 3.43. The zero-order valence-electron chi connectivity index (χ0n) is 24.1. The lowest BCUT2D eigenvalue weighted by Gasteiger charge is -2.15. The minimum Gasteiger partial charge on any atom is -0.321 e. The van der Waals surface area contributed by atoms with Gasteiger partial charge in [-0.3, -0.25) is 4.18 Å². The van der Waals surface area contributed by atoms with Crippen LogP contribution in [0.3, 0.4) is 0 Å². The van der Waals surface area contributed by atoms with Crippen LogP contribution in [0.4, 0.5) is 0 Å². The highest BCUT2D eigenvalue weighted by atomic mass is 32.2. The molecule has 8 rings (SSSR count). The Morgan fingerprint density at radius 2 is 1.16 bits per heavy atom. The van der Waals surface area contributed by atoms with Gasteiger partial charge in [-0.05, 0) is 57.4 Å². The first-order valence-corrected chi connectivity index (χ1v) is 16.1. The molecule has 1 aromatic heterocycles. The molecule has 5 nitrogen and oxygen atoms in total. The minimum absolute atomic E-state index is 0.0431. The van der Waals surface area contributed by atoms with E-state index in [1.165, 1.54) is 0 Å². The molecule has 0 spiro atoms. The van der Waals surface area contributed by atoms with Gasteiger partial charge in [0, 0.05) is 22.9 Å². The van der Waals surface area contributed by atoms with Gasteiger partial charge in [0.1, 0.15) is 5.82 Å². The molecule has 7 aromatic carbocycles. The van der Waals surface area contributed by atoms with E-state index in [9.17, 15) is 8.42 Å². The number of rotatable bonds is 6. The Morgan fingerprint density at radius 3 is 1.80 bits per heavy atom. The summed E-state index contributed by atoms with van der Waals surface area (Å²) in [4.78, 5) is 5.55. The zero-order valence-corrected chi connectivity index (χ0v) is 24.9. The highest BCUT2D eigenvalue weighted by Crippen LogP contribution is 2.41. The summed E-state index contributed by atoms with van der Waals surface area (Å²) in [6.07, 6.45) is 0. The Kier molecular flexibility index (Phi) is 6.22. The van der Waals surface area contributed by atoms with Crippen LogP contribution in [-0.4, -0.2) is 24.6 Å². The molecular weight excluding hydrogens is 564 g/mol. The number of fused-ring (bicyclic) bond motifs is 8. The summed E-state index contributed by atoms with van der Waals surface area (Å²) in [5, 5.41) is 8.78. The SMILES string of the molecule is Cc1ccc(S(=O)(=O)OCCn2c(-c3c4ccccc4cc4ccccc34)nc3c4ccccc4c4ccccc4c32)cc1. The van der Waals surface area contributed by atoms with E-state index in [2.05, 4.69) is 95.6 Å². The molecule has 0 bridgehead atoms. The number of nitrogens with zero attached hydrogens (tertiary/aromatic N) is 2. The second-order valence-corrected chi connectivity index (χ2v) is 12.8. The van der Waals surface area contributed by atoms with Gasteiger partial charge in [-0.1, -0.05) is 115 Å². The van der Waals surface area contributed by atoms with Crippen molar-refractivity contribution in [3.8, 4) is 11.4 Å². The predicted molar refractivity (Wildman–Crippen MR) is 180 cm³/mol. The topological polar surface area (TPSA) is 61.2 Å². The molecule has 0 radical (unpaired) electrons. The van der Waals surface area contributed by atoms with Crippen molar-refractivity contribution in [1.82, 2.24) is 9.55 Å². The molecule has 0 aliphatic rings. The molecule has 44 heavy (non-hydrogen) atoms. The molecule has 0 N–H and O–H groups in total.